The topological polar surface area (TPSA) is 30.2 Å². The molecule has 0 N–H and O–H groups in total. The Morgan fingerprint density at radius 3 is 3.00 bits per heavy atom. The standard InChI is InChI=1S/C9H10O2/c1-6-8(5-10)7-3-2-4-9(7)11-6/h5H,2-4H2,1H3. The fraction of sp³-hybridized carbons (Fsp3) is 0.444. The van der Waals surface area contributed by atoms with Crippen LogP contribution in [0.4, 0.5) is 0 Å². The van der Waals surface area contributed by atoms with E-state index in [-0.39, 0.29) is 0 Å². The Labute approximate surface area is 65.2 Å². The van der Waals surface area contributed by atoms with E-state index in [4.69, 9.17) is 4.42 Å². The highest BCUT2D eigenvalue weighted by molar-refractivity contribution is 5.79. The van der Waals surface area contributed by atoms with Crippen molar-refractivity contribution in [1.29, 1.82) is 0 Å². The summed E-state index contributed by atoms with van der Waals surface area (Å²) in [4.78, 5) is 10.6. The van der Waals surface area contributed by atoms with E-state index in [0.717, 1.165) is 48.2 Å². The second-order valence-corrected chi connectivity index (χ2v) is 2.95. The molecule has 0 bridgehead atoms. The van der Waals surface area contributed by atoms with E-state index in [1.807, 2.05) is 6.92 Å². The molecular weight excluding hydrogens is 140 g/mol. The van der Waals surface area contributed by atoms with E-state index in [1.165, 1.54) is 0 Å². The van der Waals surface area contributed by atoms with Gasteiger partial charge in [-0.1, -0.05) is 0 Å². The van der Waals surface area contributed by atoms with Crippen molar-refractivity contribution in [3.05, 3.63) is 22.6 Å². The molecule has 2 nitrogen and oxygen atoms in total. The van der Waals surface area contributed by atoms with Gasteiger partial charge in [-0.15, -0.1) is 0 Å². The third-order valence-corrected chi connectivity index (χ3v) is 2.27. The molecule has 11 heavy (non-hydrogen) atoms. The minimum absolute atomic E-state index is 0.782. The van der Waals surface area contributed by atoms with Crippen LogP contribution in [0.25, 0.3) is 0 Å². The zero-order chi connectivity index (χ0) is 7.84. The fourth-order valence-corrected chi connectivity index (χ4v) is 1.72. The van der Waals surface area contributed by atoms with Crippen LogP contribution in [-0.4, -0.2) is 6.29 Å². The van der Waals surface area contributed by atoms with Gasteiger partial charge in [0.2, 0.25) is 0 Å². The lowest BCUT2D eigenvalue weighted by Crippen LogP contribution is -1.85. The van der Waals surface area contributed by atoms with Crippen molar-refractivity contribution in [1.82, 2.24) is 0 Å². The molecule has 0 spiro atoms. The quantitative estimate of drug-likeness (QED) is 0.572. The summed E-state index contributed by atoms with van der Waals surface area (Å²) in [5.41, 5.74) is 1.94. The number of carbonyl (C=O) groups excluding carboxylic acids is 1. The Bertz CT molecular complexity index is 297. The molecule has 0 atom stereocenters. The van der Waals surface area contributed by atoms with Crippen LogP contribution in [-0.2, 0) is 12.8 Å². The van der Waals surface area contributed by atoms with E-state index in [2.05, 4.69) is 0 Å². The molecule has 1 aromatic rings. The Morgan fingerprint density at radius 1 is 1.45 bits per heavy atom. The largest absolute Gasteiger partial charge is 0.465 e. The third-order valence-electron chi connectivity index (χ3n) is 2.27. The van der Waals surface area contributed by atoms with Crippen LogP contribution < -0.4 is 0 Å². The Balaban J connectivity index is 2.60. The summed E-state index contributed by atoms with van der Waals surface area (Å²) in [5.74, 6) is 1.81. The van der Waals surface area contributed by atoms with E-state index < -0.39 is 0 Å². The van der Waals surface area contributed by atoms with Gasteiger partial charge in [0.1, 0.15) is 11.5 Å². The number of furan rings is 1. The first kappa shape index (κ1) is 6.65. The molecule has 0 fully saturated rings. The van der Waals surface area contributed by atoms with Crippen LogP contribution in [0.15, 0.2) is 4.42 Å². The molecule has 0 aliphatic heterocycles. The highest BCUT2D eigenvalue weighted by Gasteiger charge is 2.21. The zero-order valence-electron chi connectivity index (χ0n) is 6.52. The third kappa shape index (κ3) is 0.821. The van der Waals surface area contributed by atoms with E-state index in [0.29, 0.717) is 0 Å². The van der Waals surface area contributed by atoms with E-state index in [9.17, 15) is 4.79 Å². The lowest BCUT2D eigenvalue weighted by molar-refractivity contribution is 0.112. The van der Waals surface area contributed by atoms with Crippen molar-refractivity contribution in [3.8, 4) is 0 Å². The number of aldehydes is 1. The average Bonchev–Trinajstić information content (AvgIpc) is 2.46. The molecule has 1 heterocycles. The van der Waals surface area contributed by atoms with Crippen LogP contribution in [0.2, 0.25) is 0 Å². The minimum Gasteiger partial charge on any atom is -0.465 e. The van der Waals surface area contributed by atoms with Crippen LogP contribution in [0, 0.1) is 6.92 Å². The first-order valence-electron chi connectivity index (χ1n) is 3.89. The van der Waals surface area contributed by atoms with Gasteiger partial charge >= 0.3 is 0 Å². The Kier molecular flexibility index (Phi) is 1.34. The molecule has 0 aromatic carbocycles. The molecule has 1 aliphatic carbocycles. The maximum absolute atomic E-state index is 10.6. The number of aryl methyl sites for hydroxylation is 2. The van der Waals surface area contributed by atoms with Crippen molar-refractivity contribution >= 4 is 6.29 Å². The summed E-state index contributed by atoms with van der Waals surface area (Å²) >= 11 is 0. The maximum atomic E-state index is 10.6. The number of hydrogen-bond acceptors (Lipinski definition) is 2. The minimum atomic E-state index is 0.782. The molecule has 0 saturated heterocycles. The van der Waals surface area contributed by atoms with Crippen LogP contribution in [0.3, 0.4) is 0 Å². The predicted octanol–water partition coefficient (Wildman–Crippen LogP) is 1.89. The second-order valence-electron chi connectivity index (χ2n) is 2.95. The highest BCUT2D eigenvalue weighted by atomic mass is 16.3. The first-order valence-corrected chi connectivity index (χ1v) is 3.89. The van der Waals surface area contributed by atoms with Crippen molar-refractivity contribution in [2.24, 2.45) is 0 Å². The summed E-state index contributed by atoms with van der Waals surface area (Å²) in [7, 11) is 0. The van der Waals surface area contributed by atoms with Crippen LogP contribution in [0.5, 0.6) is 0 Å². The SMILES string of the molecule is Cc1oc2c(c1C=O)CCC2. The molecular formula is C9H10O2. The smallest absolute Gasteiger partial charge is 0.153 e. The van der Waals surface area contributed by atoms with E-state index in [1.54, 1.807) is 0 Å². The lowest BCUT2D eigenvalue weighted by atomic mass is 10.1. The van der Waals surface area contributed by atoms with Crippen molar-refractivity contribution in [2.75, 3.05) is 0 Å². The molecule has 1 aliphatic rings. The molecule has 58 valence electrons. The summed E-state index contributed by atoms with van der Waals surface area (Å²) in [6.07, 6.45) is 4.06. The van der Waals surface area contributed by atoms with Gasteiger partial charge in [0.15, 0.2) is 6.29 Å². The number of fused-ring (bicyclic) bond motifs is 1. The molecule has 0 radical (unpaired) electrons. The number of carbonyl (C=O) groups is 1. The molecule has 1 aromatic heterocycles. The summed E-state index contributed by atoms with van der Waals surface area (Å²) in [6.45, 7) is 1.85. The first-order chi connectivity index (χ1) is 5.33. The Hall–Kier alpha value is -1.05. The monoisotopic (exact) mass is 150 g/mol. The van der Waals surface area contributed by atoms with Gasteiger partial charge in [-0.05, 0) is 19.8 Å². The Morgan fingerprint density at radius 2 is 2.27 bits per heavy atom. The number of hydrogen-bond donors (Lipinski definition) is 0. The van der Waals surface area contributed by atoms with Gasteiger partial charge in [-0.2, -0.15) is 0 Å². The van der Waals surface area contributed by atoms with Crippen LogP contribution >= 0.6 is 0 Å². The molecule has 0 unspecified atom stereocenters. The van der Waals surface area contributed by atoms with Gasteiger partial charge < -0.3 is 4.42 Å². The van der Waals surface area contributed by atoms with Crippen LogP contribution in [0.1, 0.15) is 33.9 Å². The summed E-state index contributed by atoms with van der Waals surface area (Å²) in [5, 5.41) is 0. The van der Waals surface area contributed by atoms with Gasteiger partial charge in [0.25, 0.3) is 0 Å². The summed E-state index contributed by atoms with van der Waals surface area (Å²) < 4.78 is 5.42. The number of rotatable bonds is 1. The lowest BCUT2D eigenvalue weighted by Gasteiger charge is -1.88. The average molecular weight is 150 g/mol. The second kappa shape index (κ2) is 2.22. The molecule has 0 amide bonds. The molecule has 2 heteroatoms. The predicted molar refractivity (Wildman–Crippen MR) is 40.9 cm³/mol. The fourth-order valence-electron chi connectivity index (χ4n) is 1.72. The normalized spacial score (nSPS) is 15.0. The van der Waals surface area contributed by atoms with Crippen molar-refractivity contribution in [2.45, 2.75) is 26.2 Å². The van der Waals surface area contributed by atoms with Gasteiger partial charge in [-0.3, -0.25) is 4.79 Å². The molecule has 0 saturated carbocycles. The molecule has 2 rings (SSSR count). The van der Waals surface area contributed by atoms with Gasteiger partial charge in [-0.25, -0.2) is 0 Å². The maximum Gasteiger partial charge on any atom is 0.153 e. The van der Waals surface area contributed by atoms with Crippen molar-refractivity contribution in [3.63, 3.8) is 0 Å². The van der Waals surface area contributed by atoms with Gasteiger partial charge in [0, 0.05) is 12.0 Å². The highest BCUT2D eigenvalue weighted by Crippen LogP contribution is 2.28. The van der Waals surface area contributed by atoms with E-state index >= 15 is 0 Å². The zero-order valence-corrected chi connectivity index (χ0v) is 6.52. The van der Waals surface area contributed by atoms with Gasteiger partial charge in [0.05, 0.1) is 5.56 Å². The summed E-state index contributed by atoms with van der Waals surface area (Å²) in [6, 6.07) is 0. The van der Waals surface area contributed by atoms with Crippen molar-refractivity contribution < 1.29 is 9.21 Å².